The fourth-order valence-corrected chi connectivity index (χ4v) is 7.83. The summed E-state index contributed by atoms with van der Waals surface area (Å²) in [7, 11) is -4.11. The first kappa shape index (κ1) is 30.2. The van der Waals surface area contributed by atoms with E-state index in [1.807, 2.05) is 31.2 Å². The molecule has 4 aromatic rings. The van der Waals surface area contributed by atoms with Gasteiger partial charge in [0, 0.05) is 54.1 Å². The highest BCUT2D eigenvalue weighted by molar-refractivity contribution is 7.89. The van der Waals surface area contributed by atoms with Crippen LogP contribution in [0.5, 0.6) is 0 Å². The minimum atomic E-state index is -4.11. The van der Waals surface area contributed by atoms with Crippen molar-refractivity contribution < 1.29 is 18.0 Å². The van der Waals surface area contributed by atoms with Crippen LogP contribution in [-0.4, -0.2) is 63.7 Å². The van der Waals surface area contributed by atoms with Gasteiger partial charge in [0.1, 0.15) is 11.9 Å². The van der Waals surface area contributed by atoms with E-state index in [2.05, 4.69) is 20.3 Å². The lowest BCUT2D eigenvalue weighted by molar-refractivity contribution is -0.128. The van der Waals surface area contributed by atoms with Crippen molar-refractivity contribution in [1.29, 1.82) is 0 Å². The molecular formula is C30H29Cl2N7O4S. The number of sulfonamides is 1. The number of hydrogen-bond acceptors (Lipinski definition) is 7. The fourth-order valence-electron chi connectivity index (χ4n) is 5.60. The molecule has 2 aliphatic rings. The van der Waals surface area contributed by atoms with Crippen LogP contribution in [0.2, 0.25) is 10.0 Å². The number of nitrogens with zero attached hydrogens (tertiary/aromatic N) is 6. The topological polar surface area (TPSA) is 130 Å². The van der Waals surface area contributed by atoms with Gasteiger partial charge in [-0.15, -0.1) is 0 Å². The number of amides is 2. The number of carbonyl (C=O) groups is 2. The van der Waals surface area contributed by atoms with E-state index < -0.39 is 27.4 Å². The zero-order valence-corrected chi connectivity index (χ0v) is 26.3. The molecule has 0 radical (unpaired) electrons. The van der Waals surface area contributed by atoms with Crippen molar-refractivity contribution in [2.24, 2.45) is 5.92 Å². The maximum Gasteiger partial charge on any atom is 0.260 e. The highest BCUT2D eigenvalue weighted by Gasteiger charge is 2.53. The van der Waals surface area contributed by atoms with Gasteiger partial charge < -0.3 is 5.32 Å². The number of fused-ring (bicyclic) bond motifs is 1. The molecule has 14 heteroatoms. The Morgan fingerprint density at radius 2 is 1.68 bits per heavy atom. The molecule has 11 nitrogen and oxygen atoms in total. The number of rotatable bonds is 9. The zero-order chi connectivity index (χ0) is 31.2. The van der Waals surface area contributed by atoms with Gasteiger partial charge >= 0.3 is 0 Å². The first-order valence-electron chi connectivity index (χ1n) is 14.0. The Balaban J connectivity index is 1.38. The summed E-state index contributed by atoms with van der Waals surface area (Å²) in [6.45, 7) is 4.26. The molecule has 0 saturated carbocycles. The number of imidazole rings is 1. The molecule has 2 amide bonds. The van der Waals surface area contributed by atoms with Crippen molar-refractivity contribution in [2.45, 2.75) is 37.3 Å². The van der Waals surface area contributed by atoms with Crippen LogP contribution in [0.25, 0.3) is 11.1 Å². The summed E-state index contributed by atoms with van der Waals surface area (Å²) >= 11 is 12.6. The molecule has 0 aliphatic carbocycles. The van der Waals surface area contributed by atoms with Crippen LogP contribution in [0.4, 0.5) is 11.6 Å². The summed E-state index contributed by atoms with van der Waals surface area (Å²) in [5, 5.41) is 3.31. The fraction of sp³-hybridized carbons (Fsp3) is 0.300. The van der Waals surface area contributed by atoms with Gasteiger partial charge in [0.05, 0.1) is 17.8 Å². The number of halogens is 2. The Bertz CT molecular complexity index is 1820. The van der Waals surface area contributed by atoms with Crippen LogP contribution in [0.3, 0.4) is 0 Å². The minimum Gasteiger partial charge on any atom is -0.356 e. The lowest BCUT2D eigenvalue weighted by atomic mass is 9.91. The number of aromatic nitrogens is 4. The molecule has 4 heterocycles. The van der Waals surface area contributed by atoms with Crippen molar-refractivity contribution >= 4 is 56.7 Å². The second-order valence-corrected chi connectivity index (χ2v) is 13.8. The normalized spacial score (nSPS) is 18.7. The third-order valence-electron chi connectivity index (χ3n) is 7.94. The molecule has 2 aliphatic heterocycles. The Morgan fingerprint density at radius 3 is 2.32 bits per heavy atom. The van der Waals surface area contributed by atoms with E-state index in [-0.39, 0.29) is 36.4 Å². The van der Waals surface area contributed by atoms with Gasteiger partial charge in [0.2, 0.25) is 11.9 Å². The monoisotopic (exact) mass is 653 g/mol. The van der Waals surface area contributed by atoms with Gasteiger partial charge in [-0.05, 0) is 42.7 Å². The average molecular weight is 655 g/mol. The summed E-state index contributed by atoms with van der Waals surface area (Å²) in [5.41, 5.74) is 1.51. The molecule has 0 unspecified atom stereocenters. The lowest BCUT2D eigenvalue weighted by Gasteiger charge is -2.37. The van der Waals surface area contributed by atoms with E-state index in [1.54, 1.807) is 37.5 Å². The second-order valence-electron chi connectivity index (χ2n) is 11.1. The molecule has 2 aromatic carbocycles. The van der Waals surface area contributed by atoms with Crippen LogP contribution in [-0.2, 0) is 31.6 Å². The van der Waals surface area contributed by atoms with Crippen molar-refractivity contribution in [3.63, 3.8) is 0 Å². The van der Waals surface area contributed by atoms with Crippen molar-refractivity contribution in [1.82, 2.24) is 29.1 Å². The van der Waals surface area contributed by atoms with Gasteiger partial charge in [-0.3, -0.25) is 14.2 Å². The molecule has 2 aromatic heterocycles. The number of carbonyl (C=O) groups excluding carboxylic acids is 2. The van der Waals surface area contributed by atoms with E-state index >= 15 is 0 Å². The summed E-state index contributed by atoms with van der Waals surface area (Å²) in [4.78, 5) is 40.7. The van der Waals surface area contributed by atoms with E-state index in [4.69, 9.17) is 23.2 Å². The molecule has 1 N–H and O–H groups in total. The molecule has 0 bridgehead atoms. The molecule has 228 valence electrons. The molecule has 6 rings (SSSR count). The Hall–Kier alpha value is -3.84. The molecule has 1 fully saturated rings. The SMILES string of the molecule is CCCNC(=O)C1CN(S(=O)(=O)c2cnc3n2[C@](C)(Cc2ccc(-c4cncnc4)cc2)C(=O)N3c2cc(Cl)cc(Cl)c2)C1. The first-order chi connectivity index (χ1) is 21.0. The predicted molar refractivity (Wildman–Crippen MR) is 166 cm³/mol. The molecule has 1 atom stereocenters. The predicted octanol–water partition coefficient (Wildman–Crippen LogP) is 4.43. The van der Waals surface area contributed by atoms with E-state index in [0.717, 1.165) is 23.1 Å². The van der Waals surface area contributed by atoms with Crippen molar-refractivity contribution in [3.05, 3.63) is 83.0 Å². The van der Waals surface area contributed by atoms with Gasteiger partial charge in [0.15, 0.2) is 5.03 Å². The third kappa shape index (κ3) is 5.25. The summed E-state index contributed by atoms with van der Waals surface area (Å²) in [6.07, 6.45) is 7.08. The van der Waals surface area contributed by atoms with Crippen LogP contribution >= 0.6 is 23.2 Å². The van der Waals surface area contributed by atoms with E-state index in [0.29, 0.717) is 22.3 Å². The van der Waals surface area contributed by atoms with E-state index in [9.17, 15) is 18.0 Å². The maximum absolute atomic E-state index is 14.3. The van der Waals surface area contributed by atoms with Gasteiger partial charge in [-0.2, -0.15) is 4.31 Å². The molecule has 44 heavy (non-hydrogen) atoms. The average Bonchev–Trinajstić information content (AvgIpc) is 3.49. The van der Waals surface area contributed by atoms with Gasteiger partial charge in [-0.25, -0.2) is 28.3 Å². The smallest absolute Gasteiger partial charge is 0.260 e. The quantitative estimate of drug-likeness (QED) is 0.283. The Morgan fingerprint density at radius 1 is 1.02 bits per heavy atom. The molecular weight excluding hydrogens is 625 g/mol. The molecule has 0 spiro atoms. The minimum absolute atomic E-state index is 0.0430. The van der Waals surface area contributed by atoms with Gasteiger partial charge in [0.25, 0.3) is 15.9 Å². The summed E-state index contributed by atoms with van der Waals surface area (Å²) in [6, 6.07) is 12.3. The van der Waals surface area contributed by atoms with Crippen LogP contribution in [0.15, 0.2) is 72.4 Å². The highest BCUT2D eigenvalue weighted by atomic mass is 35.5. The standard InChI is InChI=1S/C30H29Cl2N7O4S/c1-3-8-35-27(40)22-16-37(17-22)44(42,43)26-15-36-29-38(25-10-23(31)9-24(32)11-25)28(41)30(2,39(26)29)12-19-4-6-20(7-5-19)21-13-33-18-34-14-21/h4-7,9-11,13-15,18,22H,3,8,12,16-17H2,1-2H3,(H,35,40)/t30-/m1/s1. The number of hydrogen-bond donors (Lipinski definition) is 1. The van der Waals surface area contributed by atoms with Crippen LogP contribution < -0.4 is 10.2 Å². The number of benzene rings is 2. The van der Waals surface area contributed by atoms with Crippen molar-refractivity contribution in [2.75, 3.05) is 24.5 Å². The largest absolute Gasteiger partial charge is 0.356 e. The first-order valence-corrected chi connectivity index (χ1v) is 16.2. The van der Waals surface area contributed by atoms with Crippen molar-refractivity contribution in [3.8, 4) is 11.1 Å². The van der Waals surface area contributed by atoms with E-state index in [1.165, 1.54) is 26.3 Å². The highest BCUT2D eigenvalue weighted by Crippen LogP contribution is 2.45. The van der Waals surface area contributed by atoms with Gasteiger partial charge in [-0.1, -0.05) is 54.4 Å². The zero-order valence-electron chi connectivity index (χ0n) is 23.9. The number of nitrogens with one attached hydrogen (secondary N) is 1. The Kier molecular flexibility index (Phi) is 7.95. The summed E-state index contributed by atoms with van der Waals surface area (Å²) < 4.78 is 30.7. The maximum atomic E-state index is 14.3. The lowest BCUT2D eigenvalue weighted by Crippen LogP contribution is -2.56. The Labute approximate surface area is 264 Å². The number of anilines is 2. The van der Waals surface area contributed by atoms with Crippen LogP contribution in [0, 0.1) is 5.92 Å². The summed E-state index contributed by atoms with van der Waals surface area (Å²) in [5.74, 6) is -0.878. The third-order valence-corrected chi connectivity index (χ3v) is 10.2. The second kappa shape index (κ2) is 11.6. The van der Waals surface area contributed by atoms with Crippen LogP contribution in [0.1, 0.15) is 25.8 Å². The molecule has 1 saturated heterocycles.